The maximum Gasteiger partial charge on any atom is 0.192 e. The molecule has 0 fully saturated rings. The van der Waals surface area contributed by atoms with Crippen molar-refractivity contribution in [1.82, 2.24) is 0 Å². The molecular formula is C26H39FO2Si. The summed E-state index contributed by atoms with van der Waals surface area (Å²) >= 11 is 0. The lowest BCUT2D eigenvalue weighted by Gasteiger charge is -2.36. The predicted molar refractivity (Wildman–Crippen MR) is 128 cm³/mol. The largest absolute Gasteiger partial charge is 0.413 e. The summed E-state index contributed by atoms with van der Waals surface area (Å²) in [5.41, 5.74) is 3.49. The molecule has 4 heteroatoms. The van der Waals surface area contributed by atoms with Crippen molar-refractivity contribution in [2.75, 3.05) is 6.61 Å². The first-order valence-corrected chi connectivity index (χ1v) is 13.8. The van der Waals surface area contributed by atoms with Gasteiger partial charge < -0.3 is 9.16 Å². The van der Waals surface area contributed by atoms with Gasteiger partial charge in [0.1, 0.15) is 5.82 Å². The SMILES string of the molecule is CCO[C@H](c1cc(CO[Si](C)(C)C(C)(C)C)ccc1-c1ccccc1F)C(C)(C)C. The highest BCUT2D eigenvalue weighted by atomic mass is 28.4. The van der Waals surface area contributed by atoms with E-state index >= 15 is 0 Å². The number of hydrogen-bond acceptors (Lipinski definition) is 2. The van der Waals surface area contributed by atoms with Crippen LogP contribution in [0.5, 0.6) is 0 Å². The zero-order valence-corrected chi connectivity index (χ0v) is 21.2. The van der Waals surface area contributed by atoms with Crippen LogP contribution in [0.1, 0.15) is 65.7 Å². The molecule has 0 amide bonds. The van der Waals surface area contributed by atoms with Crippen molar-refractivity contribution in [3.63, 3.8) is 0 Å². The van der Waals surface area contributed by atoms with E-state index in [1.54, 1.807) is 6.07 Å². The Morgan fingerprint density at radius 1 is 0.933 bits per heavy atom. The quantitative estimate of drug-likeness (QED) is 0.413. The Labute approximate surface area is 183 Å². The minimum Gasteiger partial charge on any atom is -0.413 e. The zero-order chi connectivity index (χ0) is 22.7. The molecule has 0 aromatic heterocycles. The molecule has 0 aliphatic heterocycles. The highest BCUT2D eigenvalue weighted by Crippen LogP contribution is 2.42. The Bertz CT molecular complexity index is 847. The summed E-state index contributed by atoms with van der Waals surface area (Å²) in [6.45, 7) is 20.9. The number of benzene rings is 2. The van der Waals surface area contributed by atoms with Gasteiger partial charge in [0.2, 0.25) is 0 Å². The third-order valence-corrected chi connectivity index (χ3v) is 10.6. The van der Waals surface area contributed by atoms with Crippen LogP contribution in [0.3, 0.4) is 0 Å². The lowest BCUT2D eigenvalue weighted by molar-refractivity contribution is -0.0129. The lowest BCUT2D eigenvalue weighted by Crippen LogP contribution is -2.40. The van der Waals surface area contributed by atoms with Crippen molar-refractivity contribution in [3.05, 3.63) is 59.4 Å². The van der Waals surface area contributed by atoms with Gasteiger partial charge in [-0.2, -0.15) is 0 Å². The average Bonchev–Trinajstić information content (AvgIpc) is 2.63. The number of rotatable bonds is 7. The van der Waals surface area contributed by atoms with Crippen LogP contribution < -0.4 is 0 Å². The molecule has 0 saturated carbocycles. The molecule has 0 aliphatic rings. The van der Waals surface area contributed by atoms with Crippen molar-refractivity contribution in [2.24, 2.45) is 5.41 Å². The number of halogens is 1. The molecule has 0 aliphatic carbocycles. The Morgan fingerprint density at radius 2 is 1.57 bits per heavy atom. The summed E-state index contributed by atoms with van der Waals surface area (Å²) in [7, 11) is -1.86. The molecule has 166 valence electrons. The normalized spacial score (nSPS) is 14.1. The van der Waals surface area contributed by atoms with Gasteiger partial charge in [-0.05, 0) is 53.2 Å². The fourth-order valence-electron chi connectivity index (χ4n) is 3.30. The molecule has 30 heavy (non-hydrogen) atoms. The molecule has 0 spiro atoms. The Balaban J connectivity index is 2.53. The second kappa shape index (κ2) is 9.33. The van der Waals surface area contributed by atoms with Gasteiger partial charge in [-0.15, -0.1) is 0 Å². The van der Waals surface area contributed by atoms with E-state index in [1.807, 2.05) is 25.1 Å². The molecule has 0 radical (unpaired) electrons. The molecule has 2 nitrogen and oxygen atoms in total. The van der Waals surface area contributed by atoms with Gasteiger partial charge in [0.15, 0.2) is 8.32 Å². The molecule has 2 aromatic rings. The molecular weight excluding hydrogens is 391 g/mol. The van der Waals surface area contributed by atoms with Gasteiger partial charge in [-0.1, -0.05) is 77.9 Å². The fraction of sp³-hybridized carbons (Fsp3) is 0.538. The van der Waals surface area contributed by atoms with Crippen LogP contribution in [0.25, 0.3) is 11.1 Å². The fourth-order valence-corrected chi connectivity index (χ4v) is 4.26. The molecule has 2 rings (SSSR count). The van der Waals surface area contributed by atoms with Crippen molar-refractivity contribution < 1.29 is 13.6 Å². The third kappa shape index (κ3) is 5.80. The van der Waals surface area contributed by atoms with Crippen LogP contribution in [0, 0.1) is 11.2 Å². The minimum atomic E-state index is -1.86. The first-order chi connectivity index (χ1) is 13.8. The van der Waals surface area contributed by atoms with Crippen LogP contribution >= 0.6 is 0 Å². The zero-order valence-electron chi connectivity index (χ0n) is 20.2. The monoisotopic (exact) mass is 430 g/mol. The smallest absolute Gasteiger partial charge is 0.192 e. The molecule has 1 atom stereocenters. The van der Waals surface area contributed by atoms with Crippen LogP contribution in [0.4, 0.5) is 4.39 Å². The van der Waals surface area contributed by atoms with Gasteiger partial charge in [-0.3, -0.25) is 0 Å². The summed E-state index contributed by atoms with van der Waals surface area (Å²) < 4.78 is 27.3. The van der Waals surface area contributed by atoms with E-state index in [2.05, 4.69) is 66.8 Å². The first kappa shape index (κ1) is 24.8. The Morgan fingerprint density at radius 3 is 2.10 bits per heavy atom. The van der Waals surface area contributed by atoms with Gasteiger partial charge >= 0.3 is 0 Å². The second-order valence-electron chi connectivity index (χ2n) is 10.7. The molecule has 0 heterocycles. The average molecular weight is 431 g/mol. The van der Waals surface area contributed by atoms with E-state index in [-0.39, 0.29) is 22.4 Å². The van der Waals surface area contributed by atoms with Crippen LogP contribution in [-0.4, -0.2) is 14.9 Å². The van der Waals surface area contributed by atoms with Gasteiger partial charge in [-0.25, -0.2) is 4.39 Å². The van der Waals surface area contributed by atoms with Crippen molar-refractivity contribution in [3.8, 4) is 11.1 Å². The number of ether oxygens (including phenoxy) is 1. The van der Waals surface area contributed by atoms with E-state index in [0.29, 0.717) is 18.8 Å². The van der Waals surface area contributed by atoms with Crippen molar-refractivity contribution in [1.29, 1.82) is 0 Å². The van der Waals surface area contributed by atoms with Crippen molar-refractivity contribution >= 4 is 8.32 Å². The van der Waals surface area contributed by atoms with Crippen LogP contribution in [0.15, 0.2) is 42.5 Å². The van der Waals surface area contributed by atoms with Crippen LogP contribution in [-0.2, 0) is 15.8 Å². The highest BCUT2D eigenvalue weighted by molar-refractivity contribution is 6.74. The minimum absolute atomic E-state index is 0.130. The first-order valence-electron chi connectivity index (χ1n) is 10.9. The molecule has 0 bridgehead atoms. The number of hydrogen-bond donors (Lipinski definition) is 0. The van der Waals surface area contributed by atoms with E-state index in [9.17, 15) is 4.39 Å². The van der Waals surface area contributed by atoms with Crippen molar-refractivity contribution in [2.45, 2.75) is 79.3 Å². The van der Waals surface area contributed by atoms with E-state index < -0.39 is 8.32 Å². The summed E-state index contributed by atoms with van der Waals surface area (Å²) in [4.78, 5) is 0. The van der Waals surface area contributed by atoms with E-state index in [1.165, 1.54) is 6.07 Å². The van der Waals surface area contributed by atoms with E-state index in [0.717, 1.165) is 16.7 Å². The molecule has 0 unspecified atom stereocenters. The molecule has 2 aromatic carbocycles. The van der Waals surface area contributed by atoms with Crippen LogP contribution in [0.2, 0.25) is 18.1 Å². The van der Waals surface area contributed by atoms with Gasteiger partial charge in [0.05, 0.1) is 12.7 Å². The third-order valence-electron chi connectivity index (χ3n) is 6.09. The van der Waals surface area contributed by atoms with Gasteiger partial charge in [0, 0.05) is 12.2 Å². The summed E-state index contributed by atoms with van der Waals surface area (Å²) in [5, 5.41) is 0.155. The standard InChI is InChI=1S/C26H39FO2Si/c1-10-28-24(25(2,3)4)22-17-19(18-29-30(8,9)26(5,6)7)15-16-20(22)21-13-11-12-14-23(21)27/h11-17,24H,10,18H2,1-9H3/t24-/m1/s1. The highest BCUT2D eigenvalue weighted by Gasteiger charge is 2.37. The topological polar surface area (TPSA) is 18.5 Å². The maximum atomic E-state index is 14.7. The summed E-state index contributed by atoms with van der Waals surface area (Å²) in [6, 6.07) is 13.2. The van der Waals surface area contributed by atoms with E-state index in [4.69, 9.17) is 9.16 Å². The lowest BCUT2D eigenvalue weighted by atomic mass is 9.81. The Hall–Kier alpha value is -1.49. The molecule has 0 saturated heterocycles. The summed E-state index contributed by atoms with van der Waals surface area (Å²) in [6.07, 6.45) is -0.148. The van der Waals surface area contributed by atoms with Gasteiger partial charge in [0.25, 0.3) is 0 Å². The maximum absolute atomic E-state index is 14.7. The Kier molecular flexibility index (Phi) is 7.71. The predicted octanol–water partition coefficient (Wildman–Crippen LogP) is 8.14. The summed E-state index contributed by atoms with van der Waals surface area (Å²) in [5.74, 6) is -0.215. The second-order valence-corrected chi connectivity index (χ2v) is 15.5. The molecule has 0 N–H and O–H groups in total.